The second-order valence-electron chi connectivity index (χ2n) is 5.80. The van der Waals surface area contributed by atoms with Crippen molar-refractivity contribution in [3.05, 3.63) is 54.6 Å². The zero-order valence-electron chi connectivity index (χ0n) is 14.8. The van der Waals surface area contributed by atoms with Crippen LogP contribution in [0.1, 0.15) is 6.92 Å². The van der Waals surface area contributed by atoms with Gasteiger partial charge in [0.05, 0.1) is 11.5 Å². The van der Waals surface area contributed by atoms with Gasteiger partial charge in [0.15, 0.2) is 0 Å². The van der Waals surface area contributed by atoms with E-state index in [9.17, 15) is 8.42 Å². The van der Waals surface area contributed by atoms with Crippen molar-refractivity contribution in [1.82, 2.24) is 4.98 Å². The van der Waals surface area contributed by atoms with E-state index in [1.165, 1.54) is 0 Å². The van der Waals surface area contributed by atoms with E-state index >= 15 is 0 Å². The summed E-state index contributed by atoms with van der Waals surface area (Å²) in [4.78, 5) is 6.06. The second kappa shape index (κ2) is 7.21. The highest BCUT2D eigenvalue weighted by Crippen LogP contribution is 2.34. The molecule has 0 bridgehead atoms. The highest BCUT2D eigenvalue weighted by molar-refractivity contribution is 7.91. The molecule has 0 N–H and O–H groups in total. The normalized spacial score (nSPS) is 11.3. The molecule has 0 aliphatic rings. The highest BCUT2D eigenvalue weighted by atomic mass is 32.2. The molecular formula is C19H20N2O4S. The Hall–Kier alpha value is -2.80. The number of sulfone groups is 1. The Morgan fingerprint density at radius 3 is 2.27 bits per heavy atom. The van der Waals surface area contributed by atoms with Crippen LogP contribution >= 0.6 is 0 Å². The van der Waals surface area contributed by atoms with Crippen LogP contribution in [0.25, 0.3) is 11.5 Å². The van der Waals surface area contributed by atoms with Crippen molar-refractivity contribution in [2.75, 3.05) is 25.6 Å². The molecule has 7 heteroatoms. The van der Waals surface area contributed by atoms with Crippen molar-refractivity contribution < 1.29 is 17.6 Å². The first-order valence-corrected chi connectivity index (χ1v) is 9.63. The lowest BCUT2D eigenvalue weighted by Gasteiger charge is -2.10. The molecule has 136 valence electrons. The van der Waals surface area contributed by atoms with Gasteiger partial charge < -0.3 is 14.1 Å². The van der Waals surface area contributed by atoms with Crippen LogP contribution in [0.4, 0.5) is 5.88 Å². The van der Waals surface area contributed by atoms with Crippen LogP contribution < -0.4 is 9.64 Å². The topological polar surface area (TPSA) is 72.6 Å². The van der Waals surface area contributed by atoms with Gasteiger partial charge in [0.1, 0.15) is 5.75 Å². The molecule has 0 amide bonds. The minimum absolute atomic E-state index is 0.0995. The molecule has 0 radical (unpaired) electrons. The van der Waals surface area contributed by atoms with Crippen LogP contribution in [-0.4, -0.2) is 34.1 Å². The standard InChI is InChI=1S/C19H20N2O4S/c1-4-24-15-12-10-14(11-13-15)17-20-18(19(25-17)21(2)3)26(22,23)16-8-6-5-7-9-16/h5-13H,4H2,1-3H3. The number of hydrogen-bond acceptors (Lipinski definition) is 6. The molecule has 0 spiro atoms. The monoisotopic (exact) mass is 372 g/mol. The van der Waals surface area contributed by atoms with Gasteiger partial charge in [0.25, 0.3) is 0 Å². The van der Waals surface area contributed by atoms with E-state index in [0.717, 1.165) is 5.75 Å². The van der Waals surface area contributed by atoms with Crippen LogP contribution in [0.3, 0.4) is 0 Å². The summed E-state index contributed by atoms with van der Waals surface area (Å²) in [7, 11) is -0.360. The average molecular weight is 372 g/mol. The second-order valence-corrected chi connectivity index (χ2v) is 7.66. The Balaban J connectivity index is 2.07. The van der Waals surface area contributed by atoms with E-state index in [1.54, 1.807) is 73.6 Å². The van der Waals surface area contributed by atoms with Crippen molar-refractivity contribution in [3.8, 4) is 17.2 Å². The van der Waals surface area contributed by atoms with E-state index in [1.807, 2.05) is 6.92 Å². The number of anilines is 1. The van der Waals surface area contributed by atoms with Gasteiger partial charge in [-0.15, -0.1) is 0 Å². The molecule has 0 unspecified atom stereocenters. The first kappa shape index (κ1) is 18.0. The number of nitrogens with zero attached hydrogens (tertiary/aromatic N) is 2. The number of rotatable bonds is 6. The highest BCUT2D eigenvalue weighted by Gasteiger charge is 2.29. The Kier molecular flexibility index (Phi) is 4.99. The summed E-state index contributed by atoms with van der Waals surface area (Å²) >= 11 is 0. The van der Waals surface area contributed by atoms with Gasteiger partial charge in [-0.05, 0) is 43.3 Å². The third-order valence-corrected chi connectivity index (χ3v) is 5.37. The van der Waals surface area contributed by atoms with E-state index in [-0.39, 0.29) is 21.7 Å². The maximum atomic E-state index is 13.0. The zero-order chi connectivity index (χ0) is 18.7. The Labute approximate surface area is 153 Å². The minimum atomic E-state index is -3.79. The Morgan fingerprint density at radius 2 is 1.69 bits per heavy atom. The first-order valence-electron chi connectivity index (χ1n) is 8.15. The molecule has 6 nitrogen and oxygen atoms in total. The Bertz CT molecular complexity index is 978. The number of oxazole rings is 1. The maximum absolute atomic E-state index is 13.0. The summed E-state index contributed by atoms with van der Waals surface area (Å²) in [5.41, 5.74) is 0.672. The van der Waals surface area contributed by atoms with Crippen molar-refractivity contribution in [1.29, 1.82) is 0 Å². The molecule has 1 heterocycles. The van der Waals surface area contributed by atoms with Crippen LogP contribution in [0.5, 0.6) is 5.75 Å². The molecule has 3 rings (SSSR count). The summed E-state index contributed by atoms with van der Waals surface area (Å²) in [6, 6.07) is 15.4. The summed E-state index contributed by atoms with van der Waals surface area (Å²) in [5.74, 6) is 1.16. The molecule has 1 aromatic heterocycles. The molecular weight excluding hydrogens is 352 g/mol. The van der Waals surface area contributed by atoms with Gasteiger partial charge in [-0.25, -0.2) is 8.42 Å². The molecule has 26 heavy (non-hydrogen) atoms. The zero-order valence-corrected chi connectivity index (χ0v) is 15.7. The fraction of sp³-hybridized carbons (Fsp3) is 0.211. The molecule has 2 aromatic carbocycles. The lowest BCUT2D eigenvalue weighted by molar-refractivity contribution is 0.340. The van der Waals surface area contributed by atoms with Gasteiger partial charge in [-0.2, -0.15) is 4.98 Å². The summed E-state index contributed by atoms with van der Waals surface area (Å²) in [5, 5.41) is -0.0995. The number of aromatic nitrogens is 1. The largest absolute Gasteiger partial charge is 0.494 e. The Morgan fingerprint density at radius 1 is 1.04 bits per heavy atom. The van der Waals surface area contributed by atoms with Crippen molar-refractivity contribution in [2.45, 2.75) is 16.8 Å². The summed E-state index contributed by atoms with van der Waals surface area (Å²) in [6.07, 6.45) is 0. The SMILES string of the molecule is CCOc1ccc(-c2nc(S(=O)(=O)c3ccccc3)c(N(C)C)o2)cc1. The summed E-state index contributed by atoms with van der Waals surface area (Å²) < 4.78 is 37.1. The van der Waals surface area contributed by atoms with Crippen LogP contribution in [0, 0.1) is 0 Å². The fourth-order valence-corrected chi connectivity index (χ4v) is 3.85. The van der Waals surface area contributed by atoms with Gasteiger partial charge in [-0.1, -0.05) is 18.2 Å². The van der Waals surface area contributed by atoms with Crippen molar-refractivity contribution in [3.63, 3.8) is 0 Å². The predicted molar refractivity (Wildman–Crippen MR) is 99.3 cm³/mol. The number of ether oxygens (including phenoxy) is 1. The minimum Gasteiger partial charge on any atom is -0.494 e. The first-order chi connectivity index (χ1) is 12.4. The molecule has 0 fully saturated rings. The third-order valence-electron chi connectivity index (χ3n) is 3.71. The fourth-order valence-electron chi connectivity index (χ4n) is 2.45. The smallest absolute Gasteiger partial charge is 0.235 e. The quantitative estimate of drug-likeness (QED) is 0.658. The van der Waals surface area contributed by atoms with Gasteiger partial charge in [-0.3, -0.25) is 0 Å². The van der Waals surface area contributed by atoms with Crippen molar-refractivity contribution >= 4 is 15.7 Å². The molecule has 0 aliphatic heterocycles. The molecule has 3 aromatic rings. The van der Waals surface area contributed by atoms with Crippen LogP contribution in [0.15, 0.2) is 68.9 Å². The van der Waals surface area contributed by atoms with Crippen molar-refractivity contribution in [2.24, 2.45) is 0 Å². The lowest BCUT2D eigenvalue weighted by Crippen LogP contribution is -2.13. The molecule has 0 saturated heterocycles. The maximum Gasteiger partial charge on any atom is 0.235 e. The van der Waals surface area contributed by atoms with E-state index in [4.69, 9.17) is 9.15 Å². The third kappa shape index (κ3) is 3.43. The van der Waals surface area contributed by atoms with Gasteiger partial charge in [0, 0.05) is 19.7 Å². The van der Waals surface area contributed by atoms with Gasteiger partial charge >= 0.3 is 0 Å². The molecule has 0 atom stereocenters. The van der Waals surface area contributed by atoms with E-state index < -0.39 is 9.84 Å². The van der Waals surface area contributed by atoms with Crippen LogP contribution in [-0.2, 0) is 9.84 Å². The van der Waals surface area contributed by atoms with E-state index in [0.29, 0.717) is 12.2 Å². The predicted octanol–water partition coefficient (Wildman–Crippen LogP) is 3.64. The van der Waals surface area contributed by atoms with Gasteiger partial charge in [0.2, 0.25) is 26.6 Å². The average Bonchev–Trinajstić information content (AvgIpc) is 3.10. The molecule has 0 saturated carbocycles. The molecule has 0 aliphatic carbocycles. The van der Waals surface area contributed by atoms with Crippen LogP contribution in [0.2, 0.25) is 0 Å². The summed E-state index contributed by atoms with van der Waals surface area (Å²) in [6.45, 7) is 2.48. The lowest BCUT2D eigenvalue weighted by atomic mass is 10.2. The number of benzene rings is 2. The van der Waals surface area contributed by atoms with E-state index in [2.05, 4.69) is 4.98 Å². The number of hydrogen-bond donors (Lipinski definition) is 0.